The zero-order chi connectivity index (χ0) is 12.1. The highest BCUT2D eigenvalue weighted by Crippen LogP contribution is 2.79. The molecule has 0 aliphatic heterocycles. The SMILES string of the molecule is COC(=O)C12CC3CC4(C1)C(CC4(O)C2)C3=O. The van der Waals surface area contributed by atoms with Gasteiger partial charge in [0.05, 0.1) is 18.1 Å². The molecule has 4 fully saturated rings. The predicted octanol–water partition coefficient (Wildman–Crippen LogP) is 0.670. The summed E-state index contributed by atoms with van der Waals surface area (Å²) in [6, 6.07) is 0. The molecule has 0 aromatic carbocycles. The molecule has 4 aliphatic rings. The van der Waals surface area contributed by atoms with Crippen molar-refractivity contribution in [1.29, 1.82) is 0 Å². The zero-order valence-electron chi connectivity index (χ0n) is 9.86. The lowest BCUT2D eigenvalue weighted by Crippen LogP contribution is -2.59. The molecule has 0 radical (unpaired) electrons. The summed E-state index contributed by atoms with van der Waals surface area (Å²) in [4.78, 5) is 24.2. The third-order valence-electron chi connectivity index (χ3n) is 6.03. The van der Waals surface area contributed by atoms with Crippen molar-refractivity contribution in [3.05, 3.63) is 0 Å². The number of hydrogen-bond acceptors (Lipinski definition) is 4. The predicted molar refractivity (Wildman–Crippen MR) is 56.9 cm³/mol. The van der Waals surface area contributed by atoms with E-state index in [0.717, 1.165) is 6.42 Å². The van der Waals surface area contributed by atoms with Crippen LogP contribution in [0.1, 0.15) is 32.1 Å². The van der Waals surface area contributed by atoms with E-state index in [4.69, 9.17) is 4.74 Å². The normalized spacial score (nSPS) is 57.9. The molecule has 1 N–H and O–H groups in total. The first-order valence-corrected chi connectivity index (χ1v) is 6.31. The van der Waals surface area contributed by atoms with Crippen molar-refractivity contribution in [2.75, 3.05) is 7.11 Å². The first-order valence-electron chi connectivity index (χ1n) is 6.31. The molecular weight excluding hydrogens is 220 g/mol. The molecule has 1 spiro atoms. The molecule has 4 nitrogen and oxygen atoms in total. The van der Waals surface area contributed by atoms with Gasteiger partial charge in [-0.15, -0.1) is 0 Å². The third-order valence-corrected chi connectivity index (χ3v) is 6.03. The molecule has 4 saturated carbocycles. The fraction of sp³-hybridized carbons (Fsp3) is 0.846. The number of carbonyl (C=O) groups is 2. The van der Waals surface area contributed by atoms with Crippen LogP contribution in [-0.2, 0) is 14.3 Å². The van der Waals surface area contributed by atoms with Gasteiger partial charge in [0.2, 0.25) is 0 Å². The smallest absolute Gasteiger partial charge is 0.311 e. The van der Waals surface area contributed by atoms with Crippen LogP contribution in [0.15, 0.2) is 0 Å². The van der Waals surface area contributed by atoms with Gasteiger partial charge in [0.15, 0.2) is 0 Å². The van der Waals surface area contributed by atoms with Crippen molar-refractivity contribution in [2.24, 2.45) is 22.7 Å². The van der Waals surface area contributed by atoms with E-state index in [1.54, 1.807) is 0 Å². The molecule has 0 aromatic heterocycles. The molecule has 17 heavy (non-hydrogen) atoms. The van der Waals surface area contributed by atoms with Crippen molar-refractivity contribution in [1.82, 2.24) is 0 Å². The van der Waals surface area contributed by atoms with Gasteiger partial charge < -0.3 is 9.84 Å². The van der Waals surface area contributed by atoms with Gasteiger partial charge in [-0.2, -0.15) is 0 Å². The van der Waals surface area contributed by atoms with E-state index in [-0.39, 0.29) is 23.2 Å². The number of Topliss-reactive ketones (excluding diaryl/α,β-unsaturated/α-hetero) is 1. The van der Waals surface area contributed by atoms with E-state index < -0.39 is 11.0 Å². The average Bonchev–Trinajstić information content (AvgIpc) is 2.55. The summed E-state index contributed by atoms with van der Waals surface area (Å²) in [5.74, 6) is 0.0777. The van der Waals surface area contributed by atoms with Crippen LogP contribution in [0.2, 0.25) is 0 Å². The summed E-state index contributed by atoms with van der Waals surface area (Å²) in [6.07, 6.45) is 3.13. The van der Waals surface area contributed by atoms with Crippen LogP contribution in [0.25, 0.3) is 0 Å². The van der Waals surface area contributed by atoms with Crippen molar-refractivity contribution in [3.8, 4) is 0 Å². The maximum Gasteiger partial charge on any atom is 0.311 e. The monoisotopic (exact) mass is 236 g/mol. The first kappa shape index (κ1) is 10.1. The Morgan fingerprint density at radius 2 is 2.12 bits per heavy atom. The molecule has 4 rings (SSSR count). The minimum absolute atomic E-state index is 0.00984. The fourth-order valence-electron chi connectivity index (χ4n) is 5.53. The number of rotatable bonds is 1. The Bertz CT molecular complexity index is 458. The number of carbonyl (C=O) groups excluding carboxylic acids is 2. The summed E-state index contributed by atoms with van der Waals surface area (Å²) < 4.78 is 4.92. The number of ketones is 1. The number of esters is 1. The van der Waals surface area contributed by atoms with Gasteiger partial charge in [-0.25, -0.2) is 0 Å². The van der Waals surface area contributed by atoms with E-state index >= 15 is 0 Å². The maximum atomic E-state index is 12.1. The number of methoxy groups -OCH3 is 1. The van der Waals surface area contributed by atoms with Crippen LogP contribution in [-0.4, -0.2) is 29.6 Å². The highest BCUT2D eigenvalue weighted by molar-refractivity contribution is 5.92. The molecule has 3 bridgehead atoms. The summed E-state index contributed by atoms with van der Waals surface area (Å²) in [6.45, 7) is 0. The topological polar surface area (TPSA) is 63.6 Å². The molecule has 5 atom stereocenters. The molecule has 5 unspecified atom stereocenters. The van der Waals surface area contributed by atoms with Crippen LogP contribution in [0.5, 0.6) is 0 Å². The van der Waals surface area contributed by atoms with E-state index in [9.17, 15) is 14.7 Å². The highest BCUT2D eigenvalue weighted by Gasteiger charge is 2.82. The van der Waals surface area contributed by atoms with Gasteiger partial charge in [0.25, 0.3) is 0 Å². The number of aliphatic hydroxyl groups is 1. The van der Waals surface area contributed by atoms with Gasteiger partial charge in [-0.1, -0.05) is 0 Å². The van der Waals surface area contributed by atoms with Crippen LogP contribution >= 0.6 is 0 Å². The Morgan fingerprint density at radius 1 is 1.35 bits per heavy atom. The number of ether oxygens (including phenoxy) is 1. The summed E-state index contributed by atoms with van der Waals surface area (Å²) in [5, 5.41) is 10.7. The second-order valence-electron chi connectivity index (χ2n) is 6.58. The standard InChI is InChI=1S/C13H16O4/c1-17-10(15)11-2-7-3-12(5-11)8(9(7)14)4-13(12,16)6-11/h7-8,16H,2-6H2,1H3. The molecule has 4 aliphatic carbocycles. The maximum absolute atomic E-state index is 12.1. The number of hydrogen-bond donors (Lipinski definition) is 1. The van der Waals surface area contributed by atoms with Crippen molar-refractivity contribution in [3.63, 3.8) is 0 Å². The van der Waals surface area contributed by atoms with Crippen LogP contribution in [0, 0.1) is 22.7 Å². The lowest BCUT2D eigenvalue weighted by Gasteiger charge is -2.54. The van der Waals surface area contributed by atoms with E-state index in [1.807, 2.05) is 0 Å². The second-order valence-corrected chi connectivity index (χ2v) is 6.58. The quantitative estimate of drug-likeness (QED) is 0.680. The average molecular weight is 236 g/mol. The van der Waals surface area contributed by atoms with Gasteiger partial charge in [-0.3, -0.25) is 9.59 Å². The van der Waals surface area contributed by atoms with Gasteiger partial charge in [0.1, 0.15) is 5.78 Å². The summed E-state index contributed by atoms with van der Waals surface area (Å²) in [5.41, 5.74) is -1.62. The largest absolute Gasteiger partial charge is 0.469 e. The molecular formula is C13H16O4. The van der Waals surface area contributed by atoms with Gasteiger partial charge in [-0.05, 0) is 32.1 Å². The van der Waals surface area contributed by atoms with E-state index in [1.165, 1.54) is 7.11 Å². The molecule has 92 valence electrons. The molecule has 0 aromatic rings. The van der Waals surface area contributed by atoms with Crippen molar-refractivity contribution >= 4 is 11.8 Å². The fourth-order valence-corrected chi connectivity index (χ4v) is 5.53. The second kappa shape index (κ2) is 2.44. The molecule has 0 saturated heterocycles. The lowest BCUT2D eigenvalue weighted by molar-refractivity contribution is -0.181. The lowest BCUT2D eigenvalue weighted by atomic mass is 9.52. The Balaban J connectivity index is 1.86. The van der Waals surface area contributed by atoms with Crippen molar-refractivity contribution in [2.45, 2.75) is 37.7 Å². The van der Waals surface area contributed by atoms with Gasteiger partial charge >= 0.3 is 5.97 Å². The van der Waals surface area contributed by atoms with Crippen molar-refractivity contribution < 1.29 is 19.4 Å². The highest BCUT2D eigenvalue weighted by atomic mass is 16.5. The first-order chi connectivity index (χ1) is 7.96. The molecule has 0 amide bonds. The summed E-state index contributed by atoms with van der Waals surface area (Å²) in [7, 11) is 1.40. The number of fused-ring (bicyclic) bond motifs is 2. The Labute approximate surface area is 99.3 Å². The molecule has 0 heterocycles. The minimum atomic E-state index is -0.771. The van der Waals surface area contributed by atoms with Crippen LogP contribution in [0.3, 0.4) is 0 Å². The summed E-state index contributed by atoms with van der Waals surface area (Å²) >= 11 is 0. The Hall–Kier alpha value is -0.900. The van der Waals surface area contributed by atoms with E-state index in [0.29, 0.717) is 31.5 Å². The molecule has 4 heteroatoms. The van der Waals surface area contributed by atoms with Crippen LogP contribution in [0.4, 0.5) is 0 Å². The van der Waals surface area contributed by atoms with Gasteiger partial charge in [0, 0.05) is 17.3 Å². The third kappa shape index (κ3) is 0.795. The zero-order valence-corrected chi connectivity index (χ0v) is 9.86. The Kier molecular flexibility index (Phi) is 1.44. The minimum Gasteiger partial charge on any atom is -0.469 e. The Morgan fingerprint density at radius 3 is 2.82 bits per heavy atom. The van der Waals surface area contributed by atoms with Crippen LogP contribution < -0.4 is 0 Å². The van der Waals surface area contributed by atoms with E-state index in [2.05, 4.69) is 0 Å².